The van der Waals surface area contributed by atoms with Crippen molar-refractivity contribution in [2.45, 2.75) is 0 Å². The summed E-state index contributed by atoms with van der Waals surface area (Å²) in [5.41, 5.74) is 5.67. The predicted octanol–water partition coefficient (Wildman–Crippen LogP) is -0.269. The van der Waals surface area contributed by atoms with E-state index in [1.807, 2.05) is 0 Å². The molecular formula is C9H6N2O2. The number of hydrogen-bond acceptors (Lipinski definition) is 3. The molecule has 4 nitrogen and oxygen atoms in total. The second-order valence-electron chi connectivity index (χ2n) is 2.21. The van der Waals surface area contributed by atoms with Crippen molar-refractivity contribution >= 4 is 12.2 Å². The lowest BCUT2D eigenvalue weighted by Crippen LogP contribution is -2.06. The van der Waals surface area contributed by atoms with Crippen molar-refractivity contribution < 1.29 is 9.59 Å². The zero-order valence-corrected chi connectivity index (χ0v) is 6.65. The van der Waals surface area contributed by atoms with Gasteiger partial charge in [-0.05, 0) is 18.1 Å². The Balaban J connectivity index is 2.88. The normalized spacial score (nSPS) is 8.31. The molecule has 4 heteroatoms. The highest BCUT2D eigenvalue weighted by atomic mass is 16.1. The topological polar surface area (TPSA) is 73.1 Å². The molecule has 0 aliphatic rings. The highest BCUT2D eigenvalue weighted by Crippen LogP contribution is 1.95. The lowest BCUT2D eigenvalue weighted by molar-refractivity contribution is -0.112. The van der Waals surface area contributed by atoms with Crippen LogP contribution in [0.4, 0.5) is 0 Å². The van der Waals surface area contributed by atoms with Crippen LogP contribution in [0.5, 0.6) is 0 Å². The molecule has 1 aromatic heterocycles. The molecule has 0 saturated carbocycles. The minimum Gasteiger partial charge on any atom is -0.359 e. The monoisotopic (exact) mass is 174 g/mol. The maximum absolute atomic E-state index is 10.3. The van der Waals surface area contributed by atoms with Gasteiger partial charge >= 0.3 is 0 Å². The van der Waals surface area contributed by atoms with Crippen LogP contribution < -0.4 is 5.73 Å². The van der Waals surface area contributed by atoms with Gasteiger partial charge in [-0.15, -0.1) is 0 Å². The van der Waals surface area contributed by atoms with Gasteiger partial charge in [-0.3, -0.25) is 9.59 Å². The molecule has 0 bridgehead atoms. The molecule has 0 aromatic carbocycles. The van der Waals surface area contributed by atoms with E-state index in [1.165, 1.54) is 6.20 Å². The van der Waals surface area contributed by atoms with Crippen LogP contribution >= 0.6 is 0 Å². The Kier molecular flexibility index (Phi) is 2.77. The van der Waals surface area contributed by atoms with Gasteiger partial charge in [-0.1, -0.05) is 0 Å². The van der Waals surface area contributed by atoms with Crippen LogP contribution in [-0.4, -0.2) is 17.2 Å². The van der Waals surface area contributed by atoms with Gasteiger partial charge in [-0.25, -0.2) is 4.98 Å². The summed E-state index contributed by atoms with van der Waals surface area (Å²) in [5, 5.41) is 0. The molecule has 0 aliphatic carbocycles. The fourth-order valence-corrected chi connectivity index (χ4v) is 0.675. The SMILES string of the molecule is NC(=O)C#Cc1ccc(C=O)cn1. The van der Waals surface area contributed by atoms with Gasteiger partial charge < -0.3 is 5.73 Å². The molecule has 1 rings (SSSR count). The smallest absolute Gasteiger partial charge is 0.293 e. The van der Waals surface area contributed by atoms with Crippen LogP contribution in [-0.2, 0) is 4.79 Å². The van der Waals surface area contributed by atoms with Gasteiger partial charge in [0.05, 0.1) is 0 Å². The fraction of sp³-hybridized carbons (Fsp3) is 0. The molecule has 1 aromatic rings. The number of hydrogen-bond donors (Lipinski definition) is 1. The van der Waals surface area contributed by atoms with E-state index in [0.29, 0.717) is 17.5 Å². The first-order valence-corrected chi connectivity index (χ1v) is 3.45. The summed E-state index contributed by atoms with van der Waals surface area (Å²) in [6.45, 7) is 0. The number of nitrogens with zero attached hydrogens (tertiary/aromatic N) is 1. The van der Waals surface area contributed by atoms with E-state index in [-0.39, 0.29) is 0 Å². The van der Waals surface area contributed by atoms with Crippen molar-refractivity contribution in [2.24, 2.45) is 5.73 Å². The maximum atomic E-state index is 10.3. The van der Waals surface area contributed by atoms with Gasteiger partial charge in [0.15, 0.2) is 6.29 Å². The number of carbonyl (C=O) groups is 2. The molecule has 0 aliphatic heterocycles. The average molecular weight is 174 g/mol. The lowest BCUT2D eigenvalue weighted by atomic mass is 10.3. The fourth-order valence-electron chi connectivity index (χ4n) is 0.675. The molecule has 2 N–H and O–H groups in total. The molecule has 0 spiro atoms. The van der Waals surface area contributed by atoms with E-state index < -0.39 is 5.91 Å². The summed E-state index contributed by atoms with van der Waals surface area (Å²) in [6.07, 6.45) is 2.05. The quantitative estimate of drug-likeness (QED) is 0.470. The molecule has 64 valence electrons. The van der Waals surface area contributed by atoms with Gasteiger partial charge in [0.25, 0.3) is 5.91 Å². The Labute approximate surface area is 74.8 Å². The van der Waals surface area contributed by atoms with E-state index in [0.717, 1.165) is 0 Å². The summed E-state index contributed by atoms with van der Waals surface area (Å²) in [5.74, 6) is 3.87. The average Bonchev–Trinajstić information content (AvgIpc) is 2.15. The van der Waals surface area contributed by atoms with E-state index in [9.17, 15) is 9.59 Å². The number of nitrogens with two attached hydrogens (primary N) is 1. The van der Waals surface area contributed by atoms with E-state index >= 15 is 0 Å². The minimum absolute atomic E-state index is 0.407. The largest absolute Gasteiger partial charge is 0.359 e. The van der Waals surface area contributed by atoms with Gasteiger partial charge in [0, 0.05) is 17.7 Å². The van der Waals surface area contributed by atoms with Crippen molar-refractivity contribution in [2.75, 3.05) is 0 Å². The number of pyridine rings is 1. The number of aldehydes is 1. The number of carbonyl (C=O) groups excluding carboxylic acids is 2. The van der Waals surface area contributed by atoms with E-state index in [1.54, 1.807) is 12.1 Å². The third kappa shape index (κ3) is 2.75. The standard InChI is InChI=1S/C9H6N2O2/c10-9(13)4-3-8-2-1-7(6-12)5-11-8/h1-2,5-6H,(H2,10,13). The van der Waals surface area contributed by atoms with Gasteiger partial charge in [0.1, 0.15) is 5.69 Å². The Morgan fingerprint density at radius 1 is 1.54 bits per heavy atom. The van der Waals surface area contributed by atoms with Gasteiger partial charge in [-0.2, -0.15) is 0 Å². The van der Waals surface area contributed by atoms with Crippen LogP contribution in [0.25, 0.3) is 0 Å². The Bertz CT molecular complexity index is 384. The van der Waals surface area contributed by atoms with Gasteiger partial charge in [0.2, 0.25) is 0 Å². The summed E-state index contributed by atoms with van der Waals surface area (Å²) >= 11 is 0. The number of aromatic nitrogens is 1. The van der Waals surface area contributed by atoms with Crippen LogP contribution in [0, 0.1) is 11.8 Å². The lowest BCUT2D eigenvalue weighted by Gasteiger charge is -1.88. The van der Waals surface area contributed by atoms with Crippen LogP contribution in [0.15, 0.2) is 18.3 Å². The molecular weight excluding hydrogens is 168 g/mol. The molecule has 13 heavy (non-hydrogen) atoms. The summed E-state index contributed by atoms with van der Waals surface area (Å²) < 4.78 is 0. The summed E-state index contributed by atoms with van der Waals surface area (Å²) in [6, 6.07) is 3.10. The summed E-state index contributed by atoms with van der Waals surface area (Å²) in [7, 11) is 0. The van der Waals surface area contributed by atoms with E-state index in [2.05, 4.69) is 16.8 Å². The predicted molar refractivity (Wildman–Crippen MR) is 45.7 cm³/mol. The van der Waals surface area contributed by atoms with Crippen molar-refractivity contribution in [3.63, 3.8) is 0 Å². The summed E-state index contributed by atoms with van der Waals surface area (Å²) in [4.78, 5) is 24.3. The zero-order chi connectivity index (χ0) is 9.68. The van der Waals surface area contributed by atoms with Crippen LogP contribution in [0.1, 0.15) is 16.1 Å². The first kappa shape index (κ1) is 8.94. The zero-order valence-electron chi connectivity index (χ0n) is 6.65. The molecule has 0 fully saturated rings. The molecule has 0 unspecified atom stereocenters. The van der Waals surface area contributed by atoms with E-state index in [4.69, 9.17) is 5.73 Å². The highest BCUT2D eigenvalue weighted by molar-refractivity contribution is 5.92. The highest BCUT2D eigenvalue weighted by Gasteiger charge is 1.90. The number of amides is 1. The third-order valence-corrected chi connectivity index (χ3v) is 1.24. The Morgan fingerprint density at radius 3 is 2.77 bits per heavy atom. The Morgan fingerprint density at radius 2 is 2.31 bits per heavy atom. The van der Waals surface area contributed by atoms with Crippen LogP contribution in [0.2, 0.25) is 0 Å². The Hall–Kier alpha value is -2.15. The maximum Gasteiger partial charge on any atom is 0.293 e. The van der Waals surface area contributed by atoms with Crippen molar-refractivity contribution in [1.82, 2.24) is 4.98 Å². The minimum atomic E-state index is -0.707. The van der Waals surface area contributed by atoms with Crippen LogP contribution in [0.3, 0.4) is 0 Å². The number of primary amides is 1. The van der Waals surface area contributed by atoms with Crippen molar-refractivity contribution in [1.29, 1.82) is 0 Å². The molecule has 1 heterocycles. The number of rotatable bonds is 1. The first-order chi connectivity index (χ1) is 6.22. The molecule has 0 atom stereocenters. The second kappa shape index (κ2) is 4.02. The molecule has 1 amide bonds. The molecule has 0 radical (unpaired) electrons. The second-order valence-corrected chi connectivity index (χ2v) is 2.21. The first-order valence-electron chi connectivity index (χ1n) is 3.45. The van der Waals surface area contributed by atoms with Crippen molar-refractivity contribution in [3.8, 4) is 11.8 Å². The molecule has 0 saturated heterocycles. The van der Waals surface area contributed by atoms with Crippen molar-refractivity contribution in [3.05, 3.63) is 29.6 Å². The third-order valence-electron chi connectivity index (χ3n) is 1.24.